The van der Waals surface area contributed by atoms with E-state index >= 15 is 0 Å². The van der Waals surface area contributed by atoms with Gasteiger partial charge < -0.3 is 10.4 Å². The van der Waals surface area contributed by atoms with Crippen LogP contribution >= 0.6 is 0 Å². The number of hydrogen-bond donors (Lipinski definition) is 2. The van der Waals surface area contributed by atoms with Gasteiger partial charge in [0, 0.05) is 12.6 Å². The summed E-state index contributed by atoms with van der Waals surface area (Å²) < 4.78 is 38.0. The molecule has 0 amide bonds. The summed E-state index contributed by atoms with van der Waals surface area (Å²) in [5, 5.41) is 13.4. The maximum atomic E-state index is 12.7. The van der Waals surface area contributed by atoms with Gasteiger partial charge >= 0.3 is 6.18 Å². The molecule has 5 heteroatoms. The zero-order chi connectivity index (χ0) is 14.8. The molecular weight excluding hydrogens is 267 g/mol. The van der Waals surface area contributed by atoms with Crippen molar-refractivity contribution in [3.8, 4) is 0 Å². The van der Waals surface area contributed by atoms with Gasteiger partial charge in [-0.2, -0.15) is 13.2 Å². The molecule has 112 valence electrons. The summed E-state index contributed by atoms with van der Waals surface area (Å²) in [6.07, 6.45) is -0.782. The predicted octanol–water partition coefficient (Wildman–Crippen LogP) is 3.66. The lowest BCUT2D eigenvalue weighted by Gasteiger charge is -2.25. The minimum atomic E-state index is -4.32. The molecule has 0 aromatic heterocycles. The third kappa shape index (κ3) is 3.73. The van der Waals surface area contributed by atoms with Crippen molar-refractivity contribution in [2.75, 3.05) is 6.54 Å². The highest BCUT2D eigenvalue weighted by molar-refractivity contribution is 5.27. The second kappa shape index (κ2) is 5.74. The molecule has 1 aliphatic carbocycles. The minimum absolute atomic E-state index is 0.220. The van der Waals surface area contributed by atoms with E-state index in [4.69, 9.17) is 0 Å². The van der Waals surface area contributed by atoms with Crippen LogP contribution in [0.4, 0.5) is 13.2 Å². The molecule has 0 spiro atoms. The lowest BCUT2D eigenvalue weighted by Crippen LogP contribution is -2.39. The van der Waals surface area contributed by atoms with Gasteiger partial charge in [-0.05, 0) is 37.5 Å². The molecule has 0 aliphatic heterocycles. The fourth-order valence-electron chi connectivity index (χ4n) is 2.66. The molecule has 2 nitrogen and oxygen atoms in total. The Balaban J connectivity index is 2.00. The summed E-state index contributed by atoms with van der Waals surface area (Å²) in [6, 6.07) is 5.10. The van der Waals surface area contributed by atoms with Crippen LogP contribution in [-0.4, -0.2) is 17.3 Å². The highest BCUT2D eigenvalue weighted by atomic mass is 19.4. The first-order chi connectivity index (χ1) is 9.30. The first-order valence-corrected chi connectivity index (χ1v) is 6.93. The maximum Gasteiger partial charge on any atom is 0.416 e. The number of alkyl halides is 3. The molecule has 1 aliphatic rings. The lowest BCUT2D eigenvalue weighted by atomic mass is 10.0. The fourth-order valence-corrected chi connectivity index (χ4v) is 2.66. The highest BCUT2D eigenvalue weighted by Crippen LogP contribution is 2.32. The van der Waals surface area contributed by atoms with Crippen LogP contribution in [0.5, 0.6) is 0 Å². The molecule has 1 unspecified atom stereocenters. The van der Waals surface area contributed by atoms with Crippen LogP contribution in [0.1, 0.15) is 49.8 Å². The van der Waals surface area contributed by atoms with Crippen molar-refractivity contribution in [3.05, 3.63) is 35.4 Å². The van der Waals surface area contributed by atoms with Crippen molar-refractivity contribution in [1.82, 2.24) is 5.32 Å². The van der Waals surface area contributed by atoms with Crippen molar-refractivity contribution in [3.63, 3.8) is 0 Å². The van der Waals surface area contributed by atoms with Crippen LogP contribution in [0.2, 0.25) is 0 Å². The SMILES string of the molecule is CC(NCC1(O)CCCC1)c1cccc(C(F)(F)F)c1. The summed E-state index contributed by atoms with van der Waals surface area (Å²) in [6.45, 7) is 2.23. The second-order valence-electron chi connectivity index (χ2n) is 5.66. The van der Waals surface area contributed by atoms with Crippen molar-refractivity contribution < 1.29 is 18.3 Å². The molecule has 1 atom stereocenters. The third-order valence-corrected chi connectivity index (χ3v) is 3.99. The van der Waals surface area contributed by atoms with Gasteiger partial charge in [0.05, 0.1) is 11.2 Å². The smallest absolute Gasteiger partial charge is 0.389 e. The molecule has 1 aromatic carbocycles. The van der Waals surface area contributed by atoms with E-state index in [9.17, 15) is 18.3 Å². The summed E-state index contributed by atoms with van der Waals surface area (Å²) in [5.74, 6) is 0. The zero-order valence-electron chi connectivity index (χ0n) is 11.5. The summed E-state index contributed by atoms with van der Waals surface area (Å²) in [7, 11) is 0. The van der Waals surface area contributed by atoms with Gasteiger partial charge in [0.25, 0.3) is 0 Å². The van der Waals surface area contributed by atoms with Crippen LogP contribution in [0.3, 0.4) is 0 Å². The first kappa shape index (κ1) is 15.3. The molecule has 0 heterocycles. The number of aliphatic hydroxyl groups is 1. The molecule has 0 bridgehead atoms. The monoisotopic (exact) mass is 287 g/mol. The Morgan fingerprint density at radius 3 is 2.55 bits per heavy atom. The van der Waals surface area contributed by atoms with Crippen LogP contribution < -0.4 is 5.32 Å². The molecule has 2 rings (SSSR count). The van der Waals surface area contributed by atoms with Gasteiger partial charge in [-0.3, -0.25) is 0 Å². The summed E-state index contributed by atoms with van der Waals surface area (Å²) in [4.78, 5) is 0. The number of benzene rings is 1. The van der Waals surface area contributed by atoms with Crippen LogP contribution in [-0.2, 0) is 6.18 Å². The molecule has 1 fully saturated rings. The predicted molar refractivity (Wildman–Crippen MR) is 71.3 cm³/mol. The van der Waals surface area contributed by atoms with E-state index < -0.39 is 17.3 Å². The number of nitrogens with one attached hydrogen (secondary N) is 1. The van der Waals surface area contributed by atoms with Crippen LogP contribution in [0.15, 0.2) is 24.3 Å². The Hall–Kier alpha value is -1.07. The molecule has 0 saturated heterocycles. The normalized spacial score (nSPS) is 20.1. The van der Waals surface area contributed by atoms with E-state index in [1.165, 1.54) is 6.07 Å². The standard InChI is InChI=1S/C15H20F3NO/c1-11(19-10-14(20)7-2-3-8-14)12-5-4-6-13(9-12)15(16,17)18/h4-6,9,11,19-20H,2-3,7-8,10H2,1H3. The Labute approximate surface area is 117 Å². The van der Waals surface area contributed by atoms with E-state index in [-0.39, 0.29) is 6.04 Å². The number of halogens is 3. The van der Waals surface area contributed by atoms with Crippen molar-refractivity contribution in [2.45, 2.75) is 50.4 Å². The van der Waals surface area contributed by atoms with E-state index in [1.54, 1.807) is 6.07 Å². The van der Waals surface area contributed by atoms with Crippen molar-refractivity contribution in [1.29, 1.82) is 0 Å². The van der Waals surface area contributed by atoms with E-state index in [2.05, 4.69) is 5.32 Å². The highest BCUT2D eigenvalue weighted by Gasteiger charge is 2.32. The van der Waals surface area contributed by atoms with Gasteiger partial charge in [-0.1, -0.05) is 25.0 Å². The fraction of sp³-hybridized carbons (Fsp3) is 0.600. The van der Waals surface area contributed by atoms with Crippen molar-refractivity contribution in [2.24, 2.45) is 0 Å². The number of hydrogen-bond acceptors (Lipinski definition) is 2. The molecule has 1 aromatic rings. The van der Waals surface area contributed by atoms with Gasteiger partial charge in [-0.15, -0.1) is 0 Å². The Kier molecular flexibility index (Phi) is 4.39. The summed E-state index contributed by atoms with van der Waals surface area (Å²) in [5.41, 5.74) is -0.750. The quantitative estimate of drug-likeness (QED) is 0.885. The van der Waals surface area contributed by atoms with Gasteiger partial charge in [0.2, 0.25) is 0 Å². The maximum absolute atomic E-state index is 12.7. The number of rotatable bonds is 4. The van der Waals surface area contributed by atoms with Crippen LogP contribution in [0.25, 0.3) is 0 Å². The first-order valence-electron chi connectivity index (χ1n) is 6.93. The third-order valence-electron chi connectivity index (χ3n) is 3.99. The van der Waals surface area contributed by atoms with Gasteiger partial charge in [0.15, 0.2) is 0 Å². The van der Waals surface area contributed by atoms with Gasteiger partial charge in [-0.25, -0.2) is 0 Å². The van der Waals surface area contributed by atoms with E-state index in [0.717, 1.165) is 37.8 Å². The topological polar surface area (TPSA) is 32.3 Å². The molecule has 20 heavy (non-hydrogen) atoms. The Morgan fingerprint density at radius 2 is 1.95 bits per heavy atom. The van der Waals surface area contributed by atoms with E-state index in [0.29, 0.717) is 12.1 Å². The molecule has 0 radical (unpaired) electrons. The van der Waals surface area contributed by atoms with E-state index in [1.807, 2.05) is 6.92 Å². The zero-order valence-corrected chi connectivity index (χ0v) is 11.5. The molecule has 1 saturated carbocycles. The average molecular weight is 287 g/mol. The van der Waals surface area contributed by atoms with Gasteiger partial charge in [0.1, 0.15) is 0 Å². The molecule has 2 N–H and O–H groups in total. The minimum Gasteiger partial charge on any atom is -0.389 e. The molecular formula is C15H20F3NO. The average Bonchev–Trinajstić information content (AvgIpc) is 2.83. The Bertz CT molecular complexity index is 453. The Morgan fingerprint density at radius 1 is 1.30 bits per heavy atom. The summed E-state index contributed by atoms with van der Waals surface area (Å²) >= 11 is 0. The largest absolute Gasteiger partial charge is 0.416 e. The lowest BCUT2D eigenvalue weighted by molar-refractivity contribution is -0.137. The second-order valence-corrected chi connectivity index (χ2v) is 5.66. The van der Waals surface area contributed by atoms with Crippen molar-refractivity contribution >= 4 is 0 Å². The van der Waals surface area contributed by atoms with Crippen LogP contribution in [0, 0.1) is 0 Å².